The maximum Gasteiger partial charge on any atom is 0.264 e. The van der Waals surface area contributed by atoms with E-state index in [4.69, 9.17) is 0 Å². The molecule has 9 heteroatoms. The Kier molecular flexibility index (Phi) is 12.0. The first-order valence-electron chi connectivity index (χ1n) is 15.1. The summed E-state index contributed by atoms with van der Waals surface area (Å²) in [5, 5.41) is 3.02. The molecule has 0 bridgehead atoms. The van der Waals surface area contributed by atoms with Crippen molar-refractivity contribution in [2.75, 3.05) is 17.4 Å². The predicted molar refractivity (Wildman–Crippen MR) is 183 cm³/mol. The lowest BCUT2D eigenvalue weighted by Crippen LogP contribution is -2.53. The highest BCUT2D eigenvalue weighted by Gasteiger charge is 2.35. The number of aryl methyl sites for hydroxylation is 2. The molecular weight excluding hydrogens is 650 g/mol. The van der Waals surface area contributed by atoms with Crippen LogP contribution in [0.2, 0.25) is 0 Å². The first-order chi connectivity index (χ1) is 21.6. The number of para-hydroxylation sites is 1. The summed E-state index contributed by atoms with van der Waals surface area (Å²) in [7, 11) is -4.15. The van der Waals surface area contributed by atoms with Gasteiger partial charge in [-0.1, -0.05) is 108 Å². The minimum atomic E-state index is -4.15. The SMILES string of the molecule is CCCCNC(=O)C(Cc1ccccc1)N(Cc1cccc(Br)c1)C(=O)CN(c1ccccc1C)S(=O)(=O)c1ccc(C)cc1. The second-order valence-electron chi connectivity index (χ2n) is 11.1. The van der Waals surface area contributed by atoms with E-state index in [2.05, 4.69) is 21.2 Å². The lowest BCUT2D eigenvalue weighted by Gasteiger charge is -2.34. The van der Waals surface area contributed by atoms with Gasteiger partial charge in [0.15, 0.2) is 0 Å². The van der Waals surface area contributed by atoms with E-state index in [-0.39, 0.29) is 23.8 Å². The van der Waals surface area contributed by atoms with Crippen LogP contribution < -0.4 is 9.62 Å². The quantitative estimate of drug-likeness (QED) is 0.147. The van der Waals surface area contributed by atoms with Gasteiger partial charge in [-0.05, 0) is 67.3 Å². The zero-order chi connectivity index (χ0) is 32.4. The molecule has 4 rings (SSSR count). The Morgan fingerprint density at radius 1 is 0.844 bits per heavy atom. The number of carbonyl (C=O) groups excluding carboxylic acids is 2. The molecule has 0 spiro atoms. The fourth-order valence-electron chi connectivity index (χ4n) is 5.09. The van der Waals surface area contributed by atoms with E-state index >= 15 is 0 Å². The fourth-order valence-corrected chi connectivity index (χ4v) is 7.01. The maximum absolute atomic E-state index is 14.6. The van der Waals surface area contributed by atoms with Crippen LogP contribution in [-0.4, -0.2) is 44.3 Å². The van der Waals surface area contributed by atoms with Gasteiger partial charge >= 0.3 is 0 Å². The zero-order valence-corrected chi connectivity index (χ0v) is 28.4. The summed E-state index contributed by atoms with van der Waals surface area (Å²) < 4.78 is 30.4. The number of sulfonamides is 1. The van der Waals surface area contributed by atoms with Crippen molar-refractivity contribution in [3.8, 4) is 0 Å². The van der Waals surface area contributed by atoms with Crippen molar-refractivity contribution in [1.82, 2.24) is 10.2 Å². The molecule has 1 unspecified atom stereocenters. The molecule has 0 saturated carbocycles. The third-order valence-electron chi connectivity index (χ3n) is 7.61. The van der Waals surface area contributed by atoms with Crippen LogP contribution in [0.5, 0.6) is 0 Å². The Hall–Kier alpha value is -3.95. The highest BCUT2D eigenvalue weighted by Crippen LogP contribution is 2.28. The number of nitrogens with zero attached hydrogens (tertiary/aromatic N) is 2. The Bertz CT molecular complexity index is 1700. The first-order valence-corrected chi connectivity index (χ1v) is 17.3. The van der Waals surface area contributed by atoms with E-state index in [1.807, 2.05) is 87.5 Å². The molecule has 4 aromatic rings. The molecule has 4 aromatic carbocycles. The van der Waals surface area contributed by atoms with E-state index in [0.29, 0.717) is 17.8 Å². The van der Waals surface area contributed by atoms with Crippen LogP contribution in [0.3, 0.4) is 0 Å². The monoisotopic (exact) mass is 689 g/mol. The van der Waals surface area contributed by atoms with E-state index in [1.54, 1.807) is 36.4 Å². The summed E-state index contributed by atoms with van der Waals surface area (Å²) in [5.74, 6) is -0.764. The van der Waals surface area contributed by atoms with Crippen LogP contribution in [0.1, 0.15) is 42.0 Å². The molecule has 0 radical (unpaired) electrons. The fraction of sp³-hybridized carbons (Fsp3) is 0.278. The molecule has 1 atom stereocenters. The molecule has 0 aliphatic carbocycles. The zero-order valence-electron chi connectivity index (χ0n) is 25.9. The highest BCUT2D eigenvalue weighted by molar-refractivity contribution is 9.10. The van der Waals surface area contributed by atoms with Crippen molar-refractivity contribution < 1.29 is 18.0 Å². The van der Waals surface area contributed by atoms with Crippen molar-refractivity contribution in [2.24, 2.45) is 0 Å². The first kappa shape index (κ1) is 33.9. The van der Waals surface area contributed by atoms with Gasteiger partial charge in [-0.15, -0.1) is 0 Å². The molecule has 0 heterocycles. The second kappa shape index (κ2) is 15.9. The molecular formula is C36H40BrN3O4S. The summed E-state index contributed by atoms with van der Waals surface area (Å²) in [5.41, 5.74) is 3.73. The molecule has 2 amide bonds. The maximum atomic E-state index is 14.6. The van der Waals surface area contributed by atoms with Crippen LogP contribution in [0.25, 0.3) is 0 Å². The number of nitrogens with one attached hydrogen (secondary N) is 1. The molecule has 1 N–H and O–H groups in total. The van der Waals surface area contributed by atoms with Crippen LogP contribution in [-0.2, 0) is 32.6 Å². The van der Waals surface area contributed by atoms with Gasteiger partial charge in [0.1, 0.15) is 12.6 Å². The molecule has 7 nitrogen and oxygen atoms in total. The third kappa shape index (κ3) is 9.05. The van der Waals surface area contributed by atoms with Crippen LogP contribution in [0, 0.1) is 13.8 Å². The van der Waals surface area contributed by atoms with Crippen molar-refractivity contribution in [1.29, 1.82) is 0 Å². The summed E-state index contributed by atoms with van der Waals surface area (Å²) >= 11 is 3.52. The van der Waals surface area contributed by atoms with Gasteiger partial charge in [0, 0.05) is 24.0 Å². The number of rotatable bonds is 14. The highest BCUT2D eigenvalue weighted by atomic mass is 79.9. The number of benzene rings is 4. The summed E-state index contributed by atoms with van der Waals surface area (Å²) in [6, 6.07) is 29.9. The molecule has 236 valence electrons. The van der Waals surface area contributed by atoms with Crippen molar-refractivity contribution >= 4 is 43.5 Å². The Morgan fingerprint density at radius 2 is 1.51 bits per heavy atom. The topological polar surface area (TPSA) is 86.8 Å². The predicted octanol–water partition coefficient (Wildman–Crippen LogP) is 6.82. The molecule has 0 aromatic heterocycles. The lowest BCUT2D eigenvalue weighted by atomic mass is 10.0. The number of hydrogen-bond acceptors (Lipinski definition) is 4. The number of anilines is 1. The molecule has 0 aliphatic heterocycles. The van der Waals surface area contributed by atoms with Crippen molar-refractivity contribution in [3.05, 3.63) is 130 Å². The standard InChI is InChI=1S/C36H40BrN3O4S/c1-4-5-22-38-36(42)34(24-29-13-7-6-8-14-29)39(25-30-15-11-16-31(37)23-30)35(41)26-40(33-17-10-9-12-28(33)3)45(43,44)32-20-18-27(2)19-21-32/h6-21,23,34H,4-5,22,24-26H2,1-3H3,(H,38,42). The number of hydrogen-bond donors (Lipinski definition) is 1. The Balaban J connectivity index is 1.80. The molecule has 0 fully saturated rings. The van der Waals surface area contributed by atoms with Gasteiger partial charge in [-0.25, -0.2) is 8.42 Å². The van der Waals surface area contributed by atoms with Crippen LogP contribution >= 0.6 is 15.9 Å². The Labute approximate surface area is 275 Å². The van der Waals surface area contributed by atoms with Gasteiger partial charge in [0.05, 0.1) is 10.6 Å². The number of amides is 2. The van der Waals surface area contributed by atoms with Gasteiger partial charge in [-0.2, -0.15) is 0 Å². The Morgan fingerprint density at radius 3 is 2.18 bits per heavy atom. The third-order valence-corrected chi connectivity index (χ3v) is 9.88. The molecule has 0 saturated heterocycles. The van der Waals surface area contributed by atoms with E-state index in [0.717, 1.165) is 38.3 Å². The summed E-state index contributed by atoms with van der Waals surface area (Å²) in [6.45, 7) is 5.86. The van der Waals surface area contributed by atoms with Gasteiger partial charge in [-0.3, -0.25) is 13.9 Å². The van der Waals surface area contributed by atoms with Crippen molar-refractivity contribution in [2.45, 2.75) is 57.5 Å². The minimum Gasteiger partial charge on any atom is -0.354 e. The largest absolute Gasteiger partial charge is 0.354 e. The van der Waals surface area contributed by atoms with E-state index in [1.165, 1.54) is 4.90 Å². The second-order valence-corrected chi connectivity index (χ2v) is 13.9. The summed E-state index contributed by atoms with van der Waals surface area (Å²) in [6.07, 6.45) is 1.99. The smallest absolute Gasteiger partial charge is 0.264 e. The van der Waals surface area contributed by atoms with Gasteiger partial charge in [0.25, 0.3) is 10.0 Å². The number of halogens is 1. The average molecular weight is 691 g/mol. The van der Waals surface area contributed by atoms with Gasteiger partial charge < -0.3 is 10.2 Å². The average Bonchev–Trinajstić information content (AvgIpc) is 3.02. The van der Waals surface area contributed by atoms with Crippen molar-refractivity contribution in [3.63, 3.8) is 0 Å². The van der Waals surface area contributed by atoms with E-state index < -0.39 is 28.5 Å². The van der Waals surface area contributed by atoms with Crippen LogP contribution in [0.15, 0.2) is 112 Å². The number of carbonyl (C=O) groups is 2. The minimum absolute atomic E-state index is 0.0841. The lowest BCUT2D eigenvalue weighted by molar-refractivity contribution is -0.140. The normalized spacial score (nSPS) is 11.9. The van der Waals surface area contributed by atoms with Crippen LogP contribution in [0.4, 0.5) is 5.69 Å². The summed E-state index contributed by atoms with van der Waals surface area (Å²) in [4.78, 5) is 30.0. The van der Waals surface area contributed by atoms with E-state index in [9.17, 15) is 18.0 Å². The molecule has 0 aliphatic rings. The van der Waals surface area contributed by atoms with Gasteiger partial charge in [0.2, 0.25) is 11.8 Å². The molecule has 45 heavy (non-hydrogen) atoms. The number of unbranched alkanes of at least 4 members (excludes halogenated alkanes) is 1.